The lowest BCUT2D eigenvalue weighted by molar-refractivity contribution is 0.475. The lowest BCUT2D eigenvalue weighted by Crippen LogP contribution is -2.31. The molecule has 0 saturated heterocycles. The Kier molecular flexibility index (Phi) is 4.34. The van der Waals surface area contributed by atoms with Crippen molar-refractivity contribution in [2.75, 3.05) is 18.8 Å². The van der Waals surface area contributed by atoms with Crippen LogP contribution in [0.15, 0.2) is 11.6 Å². The summed E-state index contributed by atoms with van der Waals surface area (Å²) in [4.78, 5) is 0. The normalized spacial score (nSPS) is 18.5. The van der Waals surface area contributed by atoms with Crippen molar-refractivity contribution in [3.05, 3.63) is 11.6 Å². The maximum Gasteiger partial charge on any atom is 0.214 e. The molecule has 0 aromatic heterocycles. The van der Waals surface area contributed by atoms with Gasteiger partial charge in [0, 0.05) is 13.1 Å². The highest BCUT2D eigenvalue weighted by Gasteiger charge is 2.25. The number of rotatable bonds is 5. The predicted octanol–water partition coefficient (Wildman–Crippen LogP) is 2.01. The van der Waals surface area contributed by atoms with Gasteiger partial charge in [0.05, 0.1) is 5.75 Å². The molecule has 0 saturated carbocycles. The minimum atomic E-state index is -3.02. The summed E-state index contributed by atoms with van der Waals surface area (Å²) in [7, 11) is -3.02. The molecule has 0 amide bonds. The van der Waals surface area contributed by atoms with Gasteiger partial charge < -0.3 is 0 Å². The summed E-state index contributed by atoms with van der Waals surface area (Å²) < 4.78 is 25.4. The van der Waals surface area contributed by atoms with Gasteiger partial charge in [0.1, 0.15) is 0 Å². The molecular weight excluding hydrogens is 210 g/mol. The number of hydrogen-bond donors (Lipinski definition) is 0. The van der Waals surface area contributed by atoms with Gasteiger partial charge in [0.2, 0.25) is 10.0 Å². The van der Waals surface area contributed by atoms with Crippen LogP contribution in [0.5, 0.6) is 0 Å². The molecule has 1 rings (SSSR count). The third-order valence-corrected chi connectivity index (χ3v) is 4.58. The Morgan fingerprint density at radius 1 is 1.47 bits per heavy atom. The van der Waals surface area contributed by atoms with Crippen molar-refractivity contribution in [2.24, 2.45) is 5.92 Å². The van der Waals surface area contributed by atoms with Gasteiger partial charge in [-0.25, -0.2) is 8.42 Å². The fraction of sp³-hybridized carbons (Fsp3) is 0.818. The van der Waals surface area contributed by atoms with Crippen molar-refractivity contribution in [2.45, 2.75) is 33.6 Å². The highest BCUT2D eigenvalue weighted by Crippen LogP contribution is 2.17. The van der Waals surface area contributed by atoms with Gasteiger partial charge in [0.25, 0.3) is 0 Å². The Hall–Kier alpha value is -0.350. The van der Waals surface area contributed by atoms with Crippen LogP contribution in [0.4, 0.5) is 0 Å². The Bertz CT molecular complexity index is 330. The first-order chi connectivity index (χ1) is 6.95. The Morgan fingerprint density at radius 3 is 2.60 bits per heavy atom. The van der Waals surface area contributed by atoms with Crippen LogP contribution in [0.2, 0.25) is 0 Å². The quantitative estimate of drug-likeness (QED) is 0.679. The van der Waals surface area contributed by atoms with Gasteiger partial charge >= 0.3 is 0 Å². The summed E-state index contributed by atoms with van der Waals surface area (Å²) in [6.45, 7) is 7.35. The zero-order valence-corrected chi connectivity index (χ0v) is 10.7. The second kappa shape index (κ2) is 5.12. The van der Waals surface area contributed by atoms with E-state index < -0.39 is 10.0 Å². The van der Waals surface area contributed by atoms with Gasteiger partial charge in [-0.2, -0.15) is 4.31 Å². The van der Waals surface area contributed by atoms with Crippen LogP contribution in [-0.2, 0) is 10.0 Å². The van der Waals surface area contributed by atoms with E-state index in [1.54, 1.807) is 4.31 Å². The predicted molar refractivity (Wildman–Crippen MR) is 63.2 cm³/mol. The standard InChI is InChI=1S/C11H21NO2S/c1-4-11-5-7-12(9-11)15(13,14)8-6-10(2)3/h5,10H,4,6-9H2,1-3H3. The zero-order valence-electron chi connectivity index (χ0n) is 9.86. The number of hydrogen-bond acceptors (Lipinski definition) is 2. The summed E-state index contributed by atoms with van der Waals surface area (Å²) in [5.41, 5.74) is 1.24. The highest BCUT2D eigenvalue weighted by molar-refractivity contribution is 7.89. The molecule has 0 aromatic rings. The average Bonchev–Trinajstić information content (AvgIpc) is 2.63. The van der Waals surface area contributed by atoms with Crippen LogP contribution >= 0.6 is 0 Å². The van der Waals surface area contributed by atoms with Crippen LogP contribution in [-0.4, -0.2) is 31.6 Å². The molecule has 15 heavy (non-hydrogen) atoms. The van der Waals surface area contributed by atoms with E-state index in [4.69, 9.17) is 0 Å². The van der Waals surface area contributed by atoms with Crippen molar-refractivity contribution in [1.82, 2.24) is 4.31 Å². The molecule has 0 atom stereocenters. The minimum absolute atomic E-state index is 0.287. The van der Waals surface area contributed by atoms with Crippen molar-refractivity contribution in [3.63, 3.8) is 0 Å². The van der Waals surface area contributed by atoms with E-state index in [9.17, 15) is 8.42 Å². The van der Waals surface area contributed by atoms with Crippen molar-refractivity contribution < 1.29 is 8.42 Å². The molecule has 1 aliphatic heterocycles. The van der Waals surface area contributed by atoms with E-state index in [1.807, 2.05) is 6.08 Å². The van der Waals surface area contributed by atoms with Crippen LogP contribution in [0.1, 0.15) is 33.6 Å². The monoisotopic (exact) mass is 231 g/mol. The van der Waals surface area contributed by atoms with E-state index in [2.05, 4.69) is 20.8 Å². The summed E-state index contributed by atoms with van der Waals surface area (Å²) in [5.74, 6) is 0.733. The first-order valence-electron chi connectivity index (χ1n) is 5.61. The molecule has 4 heteroatoms. The SMILES string of the molecule is CCC1=CCN(S(=O)(=O)CCC(C)C)C1. The number of nitrogens with zero attached hydrogens (tertiary/aromatic N) is 1. The second-order valence-corrected chi connectivity index (χ2v) is 6.60. The molecule has 0 fully saturated rings. The smallest absolute Gasteiger partial charge is 0.212 e. The second-order valence-electron chi connectivity index (χ2n) is 4.51. The molecule has 0 N–H and O–H groups in total. The molecule has 1 aliphatic rings. The molecule has 88 valence electrons. The molecule has 0 aromatic carbocycles. The molecule has 0 aliphatic carbocycles. The Labute approximate surface area is 93.2 Å². The van der Waals surface area contributed by atoms with Crippen LogP contribution < -0.4 is 0 Å². The fourth-order valence-electron chi connectivity index (χ4n) is 1.57. The molecule has 0 unspecified atom stereocenters. The molecule has 3 nitrogen and oxygen atoms in total. The fourth-order valence-corrected chi connectivity index (χ4v) is 3.26. The largest absolute Gasteiger partial charge is 0.214 e. The van der Waals surface area contributed by atoms with E-state index in [1.165, 1.54) is 5.57 Å². The summed E-state index contributed by atoms with van der Waals surface area (Å²) in [6.07, 6.45) is 3.74. The Morgan fingerprint density at radius 2 is 2.13 bits per heavy atom. The summed E-state index contributed by atoms with van der Waals surface area (Å²) in [6, 6.07) is 0. The zero-order chi connectivity index (χ0) is 11.5. The van der Waals surface area contributed by atoms with Crippen LogP contribution in [0.25, 0.3) is 0 Å². The van der Waals surface area contributed by atoms with Crippen molar-refractivity contribution >= 4 is 10.0 Å². The minimum Gasteiger partial charge on any atom is -0.212 e. The molecule has 0 spiro atoms. The number of sulfonamides is 1. The lowest BCUT2D eigenvalue weighted by atomic mass is 10.2. The third-order valence-electron chi connectivity index (χ3n) is 2.76. The maximum absolute atomic E-state index is 11.9. The van der Waals surface area contributed by atoms with Gasteiger partial charge in [0.15, 0.2) is 0 Å². The topological polar surface area (TPSA) is 37.4 Å². The first kappa shape index (κ1) is 12.7. The van der Waals surface area contributed by atoms with Crippen molar-refractivity contribution in [3.8, 4) is 0 Å². The first-order valence-corrected chi connectivity index (χ1v) is 7.22. The molecule has 1 heterocycles. The van der Waals surface area contributed by atoms with Gasteiger partial charge in [-0.1, -0.05) is 32.4 Å². The maximum atomic E-state index is 11.9. The molecular formula is C11H21NO2S. The summed E-state index contributed by atoms with van der Waals surface area (Å²) in [5, 5.41) is 0. The van der Waals surface area contributed by atoms with E-state index >= 15 is 0 Å². The van der Waals surface area contributed by atoms with Gasteiger partial charge in [-0.15, -0.1) is 0 Å². The van der Waals surface area contributed by atoms with Gasteiger partial charge in [-0.3, -0.25) is 0 Å². The Balaban J connectivity index is 2.51. The van der Waals surface area contributed by atoms with E-state index in [0.717, 1.165) is 12.8 Å². The average molecular weight is 231 g/mol. The highest BCUT2D eigenvalue weighted by atomic mass is 32.2. The van der Waals surface area contributed by atoms with Crippen LogP contribution in [0, 0.1) is 5.92 Å². The lowest BCUT2D eigenvalue weighted by Gasteiger charge is -2.17. The van der Waals surface area contributed by atoms with Crippen LogP contribution in [0.3, 0.4) is 0 Å². The molecule has 0 radical (unpaired) electrons. The van der Waals surface area contributed by atoms with E-state index in [0.29, 0.717) is 19.0 Å². The van der Waals surface area contributed by atoms with Crippen molar-refractivity contribution in [1.29, 1.82) is 0 Å². The third kappa shape index (κ3) is 3.61. The molecule has 0 bridgehead atoms. The summed E-state index contributed by atoms with van der Waals surface area (Å²) >= 11 is 0. The van der Waals surface area contributed by atoms with E-state index in [-0.39, 0.29) is 5.75 Å². The van der Waals surface area contributed by atoms with Gasteiger partial charge in [-0.05, 0) is 18.8 Å².